The molecule has 0 bridgehead atoms. The van der Waals surface area contributed by atoms with Gasteiger partial charge in [0.2, 0.25) is 5.91 Å². The van der Waals surface area contributed by atoms with Gasteiger partial charge >= 0.3 is 5.97 Å². The van der Waals surface area contributed by atoms with Crippen LogP contribution in [0.3, 0.4) is 0 Å². The summed E-state index contributed by atoms with van der Waals surface area (Å²) in [7, 11) is 0. The van der Waals surface area contributed by atoms with Crippen LogP contribution in [0.15, 0.2) is 41.3 Å². The summed E-state index contributed by atoms with van der Waals surface area (Å²) < 4.78 is 16.9. The molecule has 12 heteroatoms. The Labute approximate surface area is 224 Å². The first kappa shape index (κ1) is 24.8. The van der Waals surface area contributed by atoms with Crippen LogP contribution < -0.4 is 0 Å². The average molecular weight is 583 g/mol. The van der Waals surface area contributed by atoms with Gasteiger partial charge in [0.1, 0.15) is 15.9 Å². The number of nitrogens with zero attached hydrogens (tertiary/aromatic N) is 6. The minimum Gasteiger partial charge on any atom is -0.479 e. The van der Waals surface area contributed by atoms with Gasteiger partial charge in [0.25, 0.3) is 0 Å². The molecule has 3 atom stereocenters. The third kappa shape index (κ3) is 4.31. The van der Waals surface area contributed by atoms with E-state index in [4.69, 9.17) is 4.98 Å². The number of benzene rings is 1. The van der Waals surface area contributed by atoms with Crippen LogP contribution in [0.2, 0.25) is 0 Å². The Balaban J connectivity index is 1.21. The van der Waals surface area contributed by atoms with Crippen molar-refractivity contribution in [1.82, 2.24) is 29.6 Å². The monoisotopic (exact) mass is 582 g/mol. The van der Waals surface area contributed by atoms with Crippen LogP contribution in [0.1, 0.15) is 31.5 Å². The van der Waals surface area contributed by atoms with Crippen molar-refractivity contribution >= 4 is 49.7 Å². The summed E-state index contributed by atoms with van der Waals surface area (Å²) in [6, 6.07) is 6.73. The first-order valence-electron chi connectivity index (χ1n) is 12.4. The fourth-order valence-corrected chi connectivity index (χ4v) is 6.03. The number of fused-ring (bicyclic) bond motifs is 2. The van der Waals surface area contributed by atoms with E-state index in [-0.39, 0.29) is 42.8 Å². The fraction of sp³-hybridized carbons (Fsp3) is 0.385. The number of pyridine rings is 1. The van der Waals surface area contributed by atoms with Crippen LogP contribution in [-0.4, -0.2) is 70.4 Å². The number of aromatic nitrogens is 5. The molecule has 1 saturated heterocycles. The normalized spacial score (nSPS) is 23.5. The van der Waals surface area contributed by atoms with Crippen LogP contribution in [-0.2, 0) is 16.0 Å². The summed E-state index contributed by atoms with van der Waals surface area (Å²) in [6.45, 7) is 0.0687. The van der Waals surface area contributed by atoms with Crippen molar-refractivity contribution in [3.63, 3.8) is 0 Å². The van der Waals surface area contributed by atoms with Gasteiger partial charge in [-0.3, -0.25) is 9.78 Å². The summed E-state index contributed by atoms with van der Waals surface area (Å²) in [5, 5.41) is 25.3. The summed E-state index contributed by atoms with van der Waals surface area (Å²) >= 11 is 3.45. The lowest BCUT2D eigenvalue weighted by Crippen LogP contribution is -2.43. The van der Waals surface area contributed by atoms with E-state index < -0.39 is 17.4 Å². The van der Waals surface area contributed by atoms with Crippen LogP contribution >= 0.6 is 15.9 Å². The zero-order valence-electron chi connectivity index (χ0n) is 20.2. The number of hydrogen-bond acceptors (Lipinski definition) is 7. The van der Waals surface area contributed by atoms with Gasteiger partial charge in [-0.1, -0.05) is 6.07 Å². The molecule has 196 valence electrons. The maximum absolute atomic E-state index is 14.8. The number of aliphatic hydroxyl groups is 1. The van der Waals surface area contributed by atoms with Gasteiger partial charge in [-0.15, -0.1) is 0 Å². The standard InChI is InChI=1S/C26H24BrFN6O4/c27-22-18-12-30-20(9-14-3-4-16(8-14)24(35)33-7-5-26(38,13-33)25(36)37)31-23(18)34(32-22)17-10-15-2-1-6-29-21(15)19(28)11-17/h1-2,6,10-12,14,16,38H,3-5,7-9,13H2,(H,36,37)/t14-,16-,26?/m1/s1. The lowest BCUT2D eigenvalue weighted by atomic mass is 10.0. The van der Waals surface area contributed by atoms with E-state index in [1.807, 2.05) is 6.07 Å². The minimum atomic E-state index is -1.86. The molecular formula is C26H24BrFN6O4. The molecule has 38 heavy (non-hydrogen) atoms. The summed E-state index contributed by atoms with van der Waals surface area (Å²) in [4.78, 5) is 39.2. The van der Waals surface area contributed by atoms with Crippen molar-refractivity contribution in [3.05, 3.63) is 52.9 Å². The van der Waals surface area contributed by atoms with Crippen molar-refractivity contribution in [2.45, 2.75) is 37.7 Å². The molecule has 2 fully saturated rings. The molecule has 1 aliphatic carbocycles. The van der Waals surface area contributed by atoms with Crippen molar-refractivity contribution in [2.24, 2.45) is 11.8 Å². The molecule has 0 spiro atoms. The second kappa shape index (κ2) is 9.35. The Morgan fingerprint density at radius 1 is 1.24 bits per heavy atom. The first-order valence-corrected chi connectivity index (χ1v) is 13.2. The molecule has 1 amide bonds. The highest BCUT2D eigenvalue weighted by Crippen LogP contribution is 2.36. The van der Waals surface area contributed by atoms with E-state index >= 15 is 0 Å². The number of amides is 1. The highest BCUT2D eigenvalue weighted by molar-refractivity contribution is 9.10. The van der Waals surface area contributed by atoms with E-state index in [1.54, 1.807) is 29.2 Å². The Bertz CT molecular complexity index is 1600. The number of β-amino-alcohol motifs (C(OH)–C–C–N with tert-alkyl or cyclic N) is 1. The molecule has 4 heterocycles. The number of hydrogen-bond donors (Lipinski definition) is 2. The van der Waals surface area contributed by atoms with Gasteiger partial charge in [-0.2, -0.15) is 5.10 Å². The quantitative estimate of drug-likeness (QED) is 0.366. The van der Waals surface area contributed by atoms with Crippen molar-refractivity contribution in [2.75, 3.05) is 13.1 Å². The summed E-state index contributed by atoms with van der Waals surface area (Å²) in [5.74, 6) is -1.27. The summed E-state index contributed by atoms with van der Waals surface area (Å²) in [6.07, 6.45) is 6.01. The van der Waals surface area contributed by atoms with Crippen LogP contribution in [0, 0.1) is 17.7 Å². The molecule has 1 unspecified atom stereocenters. The number of carbonyl (C=O) groups excluding carboxylic acids is 1. The number of halogens is 2. The lowest BCUT2D eigenvalue weighted by molar-refractivity contribution is -0.157. The maximum Gasteiger partial charge on any atom is 0.337 e. The van der Waals surface area contributed by atoms with Crippen molar-refractivity contribution < 1.29 is 24.2 Å². The van der Waals surface area contributed by atoms with Gasteiger partial charge in [0, 0.05) is 49.2 Å². The number of aliphatic carboxylic acids is 1. The van der Waals surface area contributed by atoms with E-state index in [1.165, 1.54) is 11.0 Å². The van der Waals surface area contributed by atoms with E-state index in [0.29, 0.717) is 51.8 Å². The van der Waals surface area contributed by atoms with Crippen molar-refractivity contribution in [1.29, 1.82) is 0 Å². The highest BCUT2D eigenvalue weighted by atomic mass is 79.9. The Morgan fingerprint density at radius 2 is 2.08 bits per heavy atom. The average Bonchev–Trinajstić information content (AvgIpc) is 3.62. The lowest BCUT2D eigenvalue weighted by Gasteiger charge is -2.22. The molecule has 4 aromatic rings. The molecule has 1 aromatic carbocycles. The maximum atomic E-state index is 14.8. The SMILES string of the molecule is O=C([C@@H]1CC[C@@H](Cc2ncc3c(Br)nn(-c4cc(F)c5ncccc5c4)c3n2)C1)N1CCC(O)(C(=O)O)C1. The van der Waals surface area contributed by atoms with Gasteiger partial charge in [0.05, 0.1) is 17.6 Å². The molecule has 6 rings (SSSR count). The van der Waals surface area contributed by atoms with Crippen LogP contribution in [0.5, 0.6) is 0 Å². The molecule has 0 radical (unpaired) electrons. The molecule has 2 aliphatic rings. The Morgan fingerprint density at radius 3 is 2.87 bits per heavy atom. The number of carbonyl (C=O) groups is 2. The largest absolute Gasteiger partial charge is 0.479 e. The number of carboxylic acid groups (broad SMARTS) is 1. The fourth-order valence-electron chi connectivity index (χ4n) is 5.60. The highest BCUT2D eigenvalue weighted by Gasteiger charge is 2.46. The summed E-state index contributed by atoms with van der Waals surface area (Å²) in [5.41, 5.74) is -0.519. The van der Waals surface area contributed by atoms with Gasteiger partial charge < -0.3 is 15.1 Å². The molecule has 3 aromatic heterocycles. The molecule has 1 saturated carbocycles. The second-order valence-electron chi connectivity index (χ2n) is 10.2. The molecular weight excluding hydrogens is 559 g/mol. The number of rotatable bonds is 5. The van der Waals surface area contributed by atoms with Crippen molar-refractivity contribution in [3.8, 4) is 5.69 Å². The van der Waals surface area contributed by atoms with E-state index in [2.05, 4.69) is 31.0 Å². The smallest absolute Gasteiger partial charge is 0.337 e. The number of likely N-dealkylation sites (tertiary alicyclic amines) is 1. The predicted octanol–water partition coefficient (Wildman–Crippen LogP) is 3.27. The van der Waals surface area contributed by atoms with Gasteiger partial charge in [-0.05, 0) is 53.2 Å². The second-order valence-corrected chi connectivity index (χ2v) is 10.9. The first-order chi connectivity index (χ1) is 18.2. The molecule has 2 N–H and O–H groups in total. The molecule has 10 nitrogen and oxygen atoms in total. The van der Waals surface area contributed by atoms with Gasteiger partial charge in [-0.25, -0.2) is 23.8 Å². The van der Waals surface area contributed by atoms with E-state index in [9.17, 15) is 24.2 Å². The topological polar surface area (TPSA) is 134 Å². The zero-order valence-corrected chi connectivity index (χ0v) is 21.8. The van der Waals surface area contributed by atoms with E-state index in [0.717, 1.165) is 6.42 Å². The number of carboxylic acids is 1. The Kier molecular flexibility index (Phi) is 6.10. The predicted molar refractivity (Wildman–Crippen MR) is 138 cm³/mol. The van der Waals surface area contributed by atoms with Crippen LogP contribution in [0.4, 0.5) is 4.39 Å². The minimum absolute atomic E-state index is 0.0406. The van der Waals surface area contributed by atoms with Gasteiger partial charge in [0.15, 0.2) is 17.1 Å². The zero-order chi connectivity index (χ0) is 26.6. The third-order valence-electron chi connectivity index (χ3n) is 7.64. The molecule has 1 aliphatic heterocycles. The van der Waals surface area contributed by atoms with Crippen LogP contribution in [0.25, 0.3) is 27.6 Å². The Hall–Kier alpha value is -3.51. The third-order valence-corrected chi connectivity index (χ3v) is 8.22.